The number of rotatable bonds is 10. The Balaban J connectivity index is 1.53. The number of anilines is 3. The third-order valence-corrected chi connectivity index (χ3v) is 8.84. The Labute approximate surface area is 244 Å². The summed E-state index contributed by atoms with van der Waals surface area (Å²) in [6.45, 7) is 2.43. The van der Waals surface area contributed by atoms with Gasteiger partial charge in [0.05, 0.1) is 24.8 Å². The van der Waals surface area contributed by atoms with Crippen LogP contribution in [0.4, 0.5) is 16.8 Å². The number of nitrogens with two attached hydrogens (primary N) is 3. The Hall–Kier alpha value is -4.17. The normalized spacial score (nSPS) is 19.0. The number of nitrogens with zero attached hydrogens (tertiary/aromatic N) is 6. The first-order chi connectivity index (χ1) is 19.2. The molecule has 1 unspecified atom stereocenters. The number of thioether (sulfide) groups is 2. The van der Waals surface area contributed by atoms with Gasteiger partial charge >= 0.3 is 11.1 Å². The van der Waals surface area contributed by atoms with Crippen molar-refractivity contribution in [3.8, 4) is 0 Å². The van der Waals surface area contributed by atoms with Crippen molar-refractivity contribution in [3.63, 3.8) is 0 Å². The van der Waals surface area contributed by atoms with Crippen LogP contribution in [0.1, 0.15) is 19.7 Å². The lowest BCUT2D eigenvalue weighted by Gasteiger charge is -2.50. The molecule has 41 heavy (non-hydrogen) atoms. The van der Waals surface area contributed by atoms with E-state index in [1.807, 2.05) is 0 Å². The number of nitrogen functional groups attached to an aromatic ring is 3. The number of hydrogen-bond acceptors (Lipinski definition) is 16. The van der Waals surface area contributed by atoms with Crippen LogP contribution in [0.3, 0.4) is 0 Å². The summed E-state index contributed by atoms with van der Waals surface area (Å²) in [6.07, 6.45) is 0. The summed E-state index contributed by atoms with van der Waals surface area (Å²) in [5.41, 5.74) is 15.1. The highest BCUT2D eigenvalue weighted by Gasteiger charge is 2.53. The Morgan fingerprint density at radius 1 is 1.34 bits per heavy atom. The average molecular weight is 625 g/mol. The molecule has 17 nitrogen and oxygen atoms in total. The van der Waals surface area contributed by atoms with Crippen molar-refractivity contribution in [1.29, 1.82) is 0 Å². The van der Waals surface area contributed by atoms with Gasteiger partial charge in [-0.25, -0.2) is 9.36 Å². The van der Waals surface area contributed by atoms with Crippen molar-refractivity contribution in [3.05, 3.63) is 23.2 Å². The number of carbonyl (C=O) groups excluding carboxylic acids is 3. The molecule has 0 radical (unpaired) electrons. The molecule has 0 spiro atoms. The van der Waals surface area contributed by atoms with Gasteiger partial charge in [-0.1, -0.05) is 10.1 Å². The minimum absolute atomic E-state index is 0.00512. The molecule has 2 atom stereocenters. The van der Waals surface area contributed by atoms with Crippen molar-refractivity contribution in [2.24, 2.45) is 12.2 Å². The molecule has 218 valence electrons. The fraction of sp³-hybridized carbons (Fsp3) is 0.381. The Bertz CT molecular complexity index is 1510. The molecule has 2 amide bonds. The number of β-lactam (4-membered cyclic amide) rings is 1. The lowest BCUT2D eigenvalue weighted by molar-refractivity contribution is -0.698. The van der Waals surface area contributed by atoms with Crippen LogP contribution in [0.5, 0.6) is 0 Å². The summed E-state index contributed by atoms with van der Waals surface area (Å²) in [6, 6.07) is 0.344. The first kappa shape index (κ1) is 29.8. The fourth-order valence-electron chi connectivity index (χ4n) is 3.56. The van der Waals surface area contributed by atoms with Crippen LogP contribution in [0.2, 0.25) is 0 Å². The third-order valence-electron chi connectivity index (χ3n) is 5.85. The second-order valence-corrected chi connectivity index (χ2v) is 12.0. The number of nitrogens with one attached hydrogen (secondary N) is 1. The molecule has 2 aliphatic heterocycles. The van der Waals surface area contributed by atoms with Gasteiger partial charge in [0, 0.05) is 23.0 Å². The molecular formula is C21H24N10O7S3. The van der Waals surface area contributed by atoms with Crippen molar-refractivity contribution >= 4 is 81.3 Å². The van der Waals surface area contributed by atoms with Gasteiger partial charge in [-0.2, -0.15) is 9.36 Å². The zero-order valence-corrected chi connectivity index (χ0v) is 24.1. The summed E-state index contributed by atoms with van der Waals surface area (Å²) < 4.78 is 5.50. The van der Waals surface area contributed by atoms with Gasteiger partial charge < -0.3 is 42.4 Å². The van der Waals surface area contributed by atoms with Crippen LogP contribution in [0.25, 0.3) is 0 Å². The molecule has 1 saturated heterocycles. The van der Waals surface area contributed by atoms with E-state index in [9.17, 15) is 29.4 Å². The Morgan fingerprint density at radius 3 is 2.66 bits per heavy atom. The average Bonchev–Trinajstić information content (AvgIpc) is 3.33. The highest BCUT2D eigenvalue weighted by Crippen LogP contribution is 2.41. The maximum atomic E-state index is 13.1. The van der Waals surface area contributed by atoms with Crippen molar-refractivity contribution in [1.82, 2.24) is 24.6 Å². The summed E-state index contributed by atoms with van der Waals surface area (Å²) >= 11 is 3.17. The molecule has 2 aliphatic rings. The predicted octanol–water partition coefficient (Wildman–Crippen LogP) is -2.72. The molecule has 8 N–H and O–H groups in total. The largest absolute Gasteiger partial charge is 0.543 e. The van der Waals surface area contributed by atoms with Gasteiger partial charge in [-0.3, -0.25) is 14.5 Å². The molecule has 0 aromatic carbocycles. The van der Waals surface area contributed by atoms with Crippen LogP contribution in [0.15, 0.2) is 27.6 Å². The standard InChI is InChI=1S/C21H24N10O7S3/c1-21(2,18(36)37)38-28-10(13-27-19(24)41-29-13)14(32)26-11-15(33)31-12(17(34)35)7(5-39-16(11)31)6-40-20-25-8(22)4-9(23)30(20)3/h4,11,16H,5-6H2,1-3H3,(H8,22,23,24,26,27,29,32,34,35,36,37)/b28-10-/t11?,16-/m1/s1. The second-order valence-electron chi connectivity index (χ2n) is 9.14. The highest BCUT2D eigenvalue weighted by molar-refractivity contribution is 8.01. The number of amides is 2. The number of oxime groups is 1. The zero-order chi connectivity index (χ0) is 30.2. The van der Waals surface area contributed by atoms with Crippen LogP contribution in [0, 0.1) is 0 Å². The number of carboxylic acid groups (broad SMARTS) is 2. The molecule has 0 aliphatic carbocycles. The molecule has 4 heterocycles. The second kappa shape index (κ2) is 11.4. The van der Waals surface area contributed by atoms with E-state index < -0.39 is 46.5 Å². The molecular weight excluding hydrogens is 600 g/mol. The summed E-state index contributed by atoms with van der Waals surface area (Å²) in [5, 5.41) is 27.2. The van der Waals surface area contributed by atoms with Gasteiger partial charge in [0.1, 0.15) is 11.4 Å². The number of carboxylic acids is 2. The van der Waals surface area contributed by atoms with Crippen molar-refractivity contribution < 1.29 is 38.8 Å². The highest BCUT2D eigenvalue weighted by atomic mass is 32.2. The van der Waals surface area contributed by atoms with Gasteiger partial charge in [0.25, 0.3) is 11.8 Å². The molecule has 2 aromatic heterocycles. The molecule has 20 heteroatoms. The Kier molecular flexibility index (Phi) is 8.27. The van der Waals surface area contributed by atoms with Crippen LogP contribution in [-0.4, -0.2) is 82.3 Å². The van der Waals surface area contributed by atoms with Gasteiger partial charge in [-0.05, 0) is 31.2 Å². The molecule has 4 rings (SSSR count). The van der Waals surface area contributed by atoms with Gasteiger partial charge in [0.15, 0.2) is 5.13 Å². The van der Waals surface area contributed by atoms with Crippen LogP contribution in [-0.2, 0) is 31.1 Å². The maximum Gasteiger partial charge on any atom is 0.350 e. The molecule has 0 bridgehead atoms. The number of aromatic nitrogens is 4. The SMILES string of the molecule is C[n+]1c(N)cc(N)nc1SCC1=C(C(=O)[O-])N2C(=O)C(NC(=O)/C(=N\OC(C)(C)C(=O)O)c3nsc(N)n3)[C@H]2SC1. The molecule has 2 aromatic rings. The first-order valence-corrected chi connectivity index (χ1v) is 14.3. The minimum atomic E-state index is -1.80. The van der Waals surface area contributed by atoms with E-state index in [1.165, 1.54) is 43.4 Å². The summed E-state index contributed by atoms with van der Waals surface area (Å²) in [7, 11) is 1.68. The van der Waals surface area contributed by atoms with Crippen LogP contribution >= 0.6 is 35.1 Å². The van der Waals surface area contributed by atoms with E-state index in [0.717, 1.165) is 16.4 Å². The lowest BCUT2D eigenvalue weighted by atomic mass is 10.0. The number of aliphatic carboxylic acids is 2. The lowest BCUT2D eigenvalue weighted by Crippen LogP contribution is -2.71. The minimum Gasteiger partial charge on any atom is -0.543 e. The predicted molar refractivity (Wildman–Crippen MR) is 146 cm³/mol. The topological polar surface area (TPSA) is 269 Å². The van der Waals surface area contributed by atoms with Crippen molar-refractivity contribution in [2.45, 2.75) is 36.0 Å². The smallest absolute Gasteiger partial charge is 0.350 e. The molecule has 1 fully saturated rings. The van der Waals surface area contributed by atoms with Gasteiger partial charge in [-0.15, -0.1) is 11.8 Å². The number of carbonyl (C=O) groups is 4. The number of hydrogen-bond donors (Lipinski definition) is 5. The van der Waals surface area contributed by atoms with E-state index >= 15 is 0 Å². The summed E-state index contributed by atoms with van der Waals surface area (Å²) in [5.74, 6) is -3.90. The monoisotopic (exact) mass is 624 g/mol. The fourth-order valence-corrected chi connectivity index (χ4v) is 6.48. The first-order valence-electron chi connectivity index (χ1n) is 11.5. The van der Waals surface area contributed by atoms with E-state index in [4.69, 9.17) is 22.0 Å². The zero-order valence-electron chi connectivity index (χ0n) is 21.7. The molecule has 0 saturated carbocycles. The Morgan fingerprint density at radius 2 is 2.05 bits per heavy atom. The maximum absolute atomic E-state index is 13.1. The summed E-state index contributed by atoms with van der Waals surface area (Å²) in [4.78, 5) is 63.9. The van der Waals surface area contributed by atoms with E-state index in [0.29, 0.717) is 16.5 Å². The number of fused-ring (bicyclic) bond motifs is 1. The van der Waals surface area contributed by atoms with E-state index in [2.05, 4.69) is 24.8 Å². The van der Waals surface area contributed by atoms with Gasteiger partial charge in [0.2, 0.25) is 28.8 Å². The van der Waals surface area contributed by atoms with Crippen molar-refractivity contribution in [2.75, 3.05) is 28.7 Å². The quantitative estimate of drug-likeness (QED) is 0.0449. The van der Waals surface area contributed by atoms with E-state index in [1.54, 1.807) is 11.6 Å². The third kappa shape index (κ3) is 5.98. The van der Waals surface area contributed by atoms with E-state index in [-0.39, 0.29) is 34.0 Å². The van der Waals surface area contributed by atoms with Crippen LogP contribution < -0.4 is 32.2 Å².